The zero-order valence-electron chi connectivity index (χ0n) is 15.6. The van der Waals surface area contributed by atoms with E-state index in [0.29, 0.717) is 18.0 Å². The van der Waals surface area contributed by atoms with E-state index in [2.05, 4.69) is 67.1 Å². The molecule has 22 heavy (non-hydrogen) atoms. The van der Waals surface area contributed by atoms with Crippen LogP contribution in [-0.2, 0) is 0 Å². The Morgan fingerprint density at radius 2 is 1.50 bits per heavy atom. The molecule has 0 heterocycles. The molecule has 6 nitrogen and oxygen atoms in total. The first-order chi connectivity index (χ1) is 10.1. The van der Waals surface area contributed by atoms with Crippen LogP contribution in [0, 0.1) is 0 Å². The average Bonchev–Trinajstić information content (AvgIpc) is 2.31. The van der Waals surface area contributed by atoms with Gasteiger partial charge in [-0.1, -0.05) is 0 Å². The van der Waals surface area contributed by atoms with Crippen LogP contribution in [0.2, 0.25) is 0 Å². The molecule has 0 amide bonds. The monoisotopic (exact) mass is 312 g/mol. The molecule has 0 rings (SSSR count). The molecule has 0 radical (unpaired) electrons. The van der Waals surface area contributed by atoms with E-state index in [4.69, 9.17) is 5.73 Å². The van der Waals surface area contributed by atoms with Crippen LogP contribution in [0.15, 0.2) is 9.98 Å². The molecule has 0 aromatic carbocycles. The zero-order chi connectivity index (χ0) is 17.3. The summed E-state index contributed by atoms with van der Waals surface area (Å²) in [4.78, 5) is 11.1. The summed E-state index contributed by atoms with van der Waals surface area (Å²) >= 11 is 0. The van der Waals surface area contributed by atoms with Gasteiger partial charge in [0.25, 0.3) is 0 Å². The van der Waals surface area contributed by atoms with Crippen LogP contribution < -0.4 is 16.4 Å². The average molecular weight is 313 g/mol. The van der Waals surface area contributed by atoms with Gasteiger partial charge in [-0.05, 0) is 55.4 Å². The molecular weight excluding hydrogens is 276 g/mol. The second-order valence-electron chi connectivity index (χ2n) is 6.67. The lowest BCUT2D eigenvalue weighted by atomic mass is 10.3. The number of guanidine groups is 2. The highest BCUT2D eigenvalue weighted by Gasteiger charge is 2.12. The van der Waals surface area contributed by atoms with E-state index < -0.39 is 0 Å². The van der Waals surface area contributed by atoms with Crippen molar-refractivity contribution >= 4 is 11.9 Å². The lowest BCUT2D eigenvalue weighted by Crippen LogP contribution is -2.49. The van der Waals surface area contributed by atoms with Crippen molar-refractivity contribution in [3.63, 3.8) is 0 Å². The van der Waals surface area contributed by atoms with Gasteiger partial charge in [0.2, 0.25) is 0 Å². The predicted molar refractivity (Wildman–Crippen MR) is 97.4 cm³/mol. The highest BCUT2D eigenvalue weighted by molar-refractivity contribution is 5.80. The van der Waals surface area contributed by atoms with E-state index in [1.807, 2.05) is 13.8 Å². The molecule has 0 bridgehead atoms. The second-order valence-corrected chi connectivity index (χ2v) is 6.67. The van der Waals surface area contributed by atoms with E-state index in [-0.39, 0.29) is 12.1 Å². The van der Waals surface area contributed by atoms with Crippen LogP contribution in [-0.4, -0.2) is 54.1 Å². The number of rotatable bonds is 7. The molecule has 0 saturated carbocycles. The Labute approximate surface area is 136 Å². The molecule has 0 aromatic heterocycles. The first kappa shape index (κ1) is 20.5. The normalized spacial score (nSPS) is 13.5. The molecule has 0 aliphatic heterocycles. The summed E-state index contributed by atoms with van der Waals surface area (Å²) in [5, 5.41) is 6.70. The minimum atomic E-state index is 0.204. The highest BCUT2D eigenvalue weighted by Crippen LogP contribution is 1.99. The summed E-state index contributed by atoms with van der Waals surface area (Å²) in [6, 6.07) is 1.11. The molecule has 0 unspecified atom stereocenters. The van der Waals surface area contributed by atoms with Gasteiger partial charge in [-0.15, -0.1) is 0 Å². The molecule has 0 aromatic rings. The van der Waals surface area contributed by atoms with Gasteiger partial charge in [-0.2, -0.15) is 0 Å². The number of nitrogens with one attached hydrogen (secondary N) is 2. The quantitative estimate of drug-likeness (QED) is 0.494. The van der Waals surface area contributed by atoms with Crippen molar-refractivity contribution in [3.8, 4) is 0 Å². The molecule has 6 heteroatoms. The number of hydrogen-bond donors (Lipinski definition) is 3. The minimum Gasteiger partial charge on any atom is -0.370 e. The van der Waals surface area contributed by atoms with Gasteiger partial charge in [0.05, 0.1) is 0 Å². The van der Waals surface area contributed by atoms with Gasteiger partial charge in [-0.25, -0.2) is 0 Å². The number of nitrogens with zero attached hydrogens (tertiary/aromatic N) is 3. The Balaban J connectivity index is 4.65. The Hall–Kier alpha value is -1.46. The van der Waals surface area contributed by atoms with Crippen LogP contribution >= 0.6 is 0 Å². The first-order valence-corrected chi connectivity index (χ1v) is 8.31. The Bertz CT molecular complexity index is 358. The van der Waals surface area contributed by atoms with Crippen LogP contribution in [0.4, 0.5) is 0 Å². The van der Waals surface area contributed by atoms with Crippen molar-refractivity contribution in [1.29, 1.82) is 0 Å². The number of hydrogen-bond acceptors (Lipinski definition) is 2. The summed E-state index contributed by atoms with van der Waals surface area (Å²) < 4.78 is 0. The van der Waals surface area contributed by atoms with Crippen molar-refractivity contribution in [3.05, 3.63) is 0 Å². The SMILES string of the molecule is CC(C)N=C(NCCN(C(N)=NC(C)C)C(C)C)NC(C)C. The lowest BCUT2D eigenvalue weighted by Gasteiger charge is -2.28. The first-order valence-electron chi connectivity index (χ1n) is 8.31. The van der Waals surface area contributed by atoms with Gasteiger partial charge < -0.3 is 21.3 Å². The molecule has 0 fully saturated rings. The molecule has 0 spiro atoms. The minimum absolute atomic E-state index is 0.204. The number of nitrogens with two attached hydrogens (primary N) is 1. The fraction of sp³-hybridized carbons (Fsp3) is 0.875. The fourth-order valence-electron chi connectivity index (χ4n) is 1.94. The predicted octanol–water partition coefficient (Wildman–Crippen LogP) is 1.77. The maximum absolute atomic E-state index is 6.10. The maximum Gasteiger partial charge on any atom is 0.191 e. The molecule has 0 atom stereocenters. The molecular formula is C16H36N6. The van der Waals surface area contributed by atoms with E-state index in [0.717, 1.165) is 19.0 Å². The Kier molecular flexibility index (Phi) is 9.61. The van der Waals surface area contributed by atoms with Crippen molar-refractivity contribution in [1.82, 2.24) is 15.5 Å². The smallest absolute Gasteiger partial charge is 0.191 e. The Morgan fingerprint density at radius 3 is 1.91 bits per heavy atom. The van der Waals surface area contributed by atoms with Crippen molar-refractivity contribution in [2.24, 2.45) is 15.7 Å². The summed E-state index contributed by atoms with van der Waals surface area (Å²) in [6.07, 6.45) is 0. The molecule has 4 N–H and O–H groups in total. The fourth-order valence-corrected chi connectivity index (χ4v) is 1.94. The summed E-state index contributed by atoms with van der Waals surface area (Å²) in [6.45, 7) is 18.2. The van der Waals surface area contributed by atoms with Crippen LogP contribution in [0.5, 0.6) is 0 Å². The third kappa shape index (κ3) is 9.47. The molecule has 0 saturated heterocycles. The van der Waals surface area contributed by atoms with Crippen molar-refractivity contribution in [2.45, 2.75) is 79.6 Å². The van der Waals surface area contributed by atoms with Gasteiger partial charge in [0.1, 0.15) is 0 Å². The van der Waals surface area contributed by atoms with Crippen molar-refractivity contribution < 1.29 is 0 Å². The van der Waals surface area contributed by atoms with Gasteiger partial charge in [-0.3, -0.25) is 9.98 Å². The third-order valence-electron chi connectivity index (χ3n) is 2.77. The van der Waals surface area contributed by atoms with Gasteiger partial charge in [0, 0.05) is 37.3 Å². The lowest BCUT2D eigenvalue weighted by molar-refractivity contribution is 0.346. The van der Waals surface area contributed by atoms with Crippen LogP contribution in [0.25, 0.3) is 0 Å². The highest BCUT2D eigenvalue weighted by atomic mass is 15.3. The van der Waals surface area contributed by atoms with E-state index in [1.165, 1.54) is 0 Å². The summed E-state index contributed by atoms with van der Waals surface area (Å²) in [7, 11) is 0. The third-order valence-corrected chi connectivity index (χ3v) is 2.77. The molecule has 130 valence electrons. The Morgan fingerprint density at radius 1 is 0.955 bits per heavy atom. The van der Waals surface area contributed by atoms with Gasteiger partial charge >= 0.3 is 0 Å². The van der Waals surface area contributed by atoms with E-state index in [1.54, 1.807) is 0 Å². The summed E-state index contributed by atoms with van der Waals surface area (Å²) in [5.41, 5.74) is 6.10. The van der Waals surface area contributed by atoms with E-state index >= 15 is 0 Å². The number of aliphatic imine (C=N–C) groups is 2. The molecule has 0 aliphatic carbocycles. The summed E-state index contributed by atoms with van der Waals surface area (Å²) in [5.74, 6) is 1.44. The van der Waals surface area contributed by atoms with Gasteiger partial charge in [0.15, 0.2) is 11.9 Å². The standard InChI is InChI=1S/C16H36N6/c1-11(2)19-15(17)22(14(7)8)10-9-18-16(20-12(3)4)21-13(5)6/h11-14H,9-10H2,1-8H3,(H2,17,19)(H2,18,20,21). The van der Waals surface area contributed by atoms with Crippen LogP contribution in [0.3, 0.4) is 0 Å². The maximum atomic E-state index is 6.10. The largest absolute Gasteiger partial charge is 0.370 e. The van der Waals surface area contributed by atoms with Crippen molar-refractivity contribution in [2.75, 3.05) is 13.1 Å². The molecule has 0 aliphatic rings. The topological polar surface area (TPSA) is 78.0 Å². The van der Waals surface area contributed by atoms with Crippen LogP contribution in [0.1, 0.15) is 55.4 Å². The zero-order valence-corrected chi connectivity index (χ0v) is 15.6. The second kappa shape index (κ2) is 10.3. The van der Waals surface area contributed by atoms with E-state index in [9.17, 15) is 0 Å².